The van der Waals surface area contributed by atoms with Crippen LogP contribution in [0.25, 0.3) is 0 Å². The number of ether oxygens (including phenoxy) is 1. The number of pyridine rings is 1. The minimum absolute atomic E-state index is 0.678. The molecule has 1 unspecified atom stereocenters. The number of anilines is 1. The lowest BCUT2D eigenvalue weighted by molar-refractivity contribution is 0.193. The Bertz CT molecular complexity index is 399. The molecular formula is C16H28N4O. The highest BCUT2D eigenvalue weighted by Crippen LogP contribution is 2.18. The van der Waals surface area contributed by atoms with Crippen molar-refractivity contribution >= 4 is 11.9 Å². The molecule has 1 atom stereocenters. The first kappa shape index (κ1) is 17.4. The molecule has 0 aromatic carbocycles. The Morgan fingerprint density at radius 2 is 1.95 bits per heavy atom. The maximum absolute atomic E-state index is 6.08. The summed E-state index contributed by atoms with van der Waals surface area (Å²) in [7, 11) is 1.65. The number of nitrogens with zero attached hydrogens (tertiary/aromatic N) is 3. The number of hydrogen-bond acceptors (Lipinski definition) is 5. The number of aromatic nitrogens is 1. The standard InChI is InChI=1S/C14H23N3O.C2H5N/c1-4-12(2)16-7-9-17(10-8-16)13-5-6-14(18-3)15-11-13;1-2-3/h5-6,11-12H,4,7-10H2,1-3H3;2-3H,1H3. The van der Waals surface area contributed by atoms with E-state index in [-0.39, 0.29) is 0 Å². The summed E-state index contributed by atoms with van der Waals surface area (Å²) in [6.45, 7) is 10.7. The highest BCUT2D eigenvalue weighted by atomic mass is 16.5. The van der Waals surface area contributed by atoms with E-state index in [9.17, 15) is 0 Å². The average Bonchev–Trinajstić information content (AvgIpc) is 2.55. The zero-order chi connectivity index (χ0) is 15.7. The molecule has 1 saturated heterocycles. The van der Waals surface area contributed by atoms with E-state index in [0.29, 0.717) is 11.9 Å². The van der Waals surface area contributed by atoms with Crippen LogP contribution >= 0.6 is 0 Å². The molecule has 1 aliphatic heterocycles. The van der Waals surface area contributed by atoms with Gasteiger partial charge in [-0.05, 0) is 32.5 Å². The first-order valence-electron chi connectivity index (χ1n) is 7.60. The SMILES string of the molecule is CC=N.CCC(C)N1CCN(c2ccc(OC)nc2)CC1. The lowest BCUT2D eigenvalue weighted by Gasteiger charge is -2.38. The van der Waals surface area contributed by atoms with Crippen LogP contribution < -0.4 is 9.64 Å². The van der Waals surface area contributed by atoms with E-state index in [1.54, 1.807) is 14.0 Å². The van der Waals surface area contributed by atoms with Gasteiger partial charge in [0.15, 0.2) is 0 Å². The third-order valence-corrected chi connectivity index (χ3v) is 3.82. The number of hydrogen-bond donors (Lipinski definition) is 1. The molecule has 5 nitrogen and oxygen atoms in total. The summed E-state index contributed by atoms with van der Waals surface area (Å²) in [6.07, 6.45) is 4.38. The molecule has 0 radical (unpaired) electrons. The van der Waals surface area contributed by atoms with Gasteiger partial charge in [-0.1, -0.05) is 6.92 Å². The van der Waals surface area contributed by atoms with E-state index in [0.717, 1.165) is 26.2 Å². The molecule has 0 saturated carbocycles. The van der Waals surface area contributed by atoms with Crippen LogP contribution in [0.1, 0.15) is 27.2 Å². The highest BCUT2D eigenvalue weighted by Gasteiger charge is 2.20. The van der Waals surface area contributed by atoms with Gasteiger partial charge in [0, 0.05) is 38.3 Å². The number of methoxy groups -OCH3 is 1. The Morgan fingerprint density at radius 1 is 1.33 bits per heavy atom. The number of rotatable bonds is 4. The Labute approximate surface area is 128 Å². The summed E-state index contributed by atoms with van der Waals surface area (Å²) in [5.41, 5.74) is 1.19. The molecule has 0 amide bonds. The van der Waals surface area contributed by atoms with Crippen LogP contribution in [-0.4, -0.2) is 55.4 Å². The van der Waals surface area contributed by atoms with Gasteiger partial charge in [-0.2, -0.15) is 0 Å². The normalized spacial score (nSPS) is 16.7. The molecule has 2 rings (SSSR count). The van der Waals surface area contributed by atoms with E-state index in [1.807, 2.05) is 12.3 Å². The molecule has 21 heavy (non-hydrogen) atoms. The van der Waals surface area contributed by atoms with Crippen molar-refractivity contribution in [2.75, 3.05) is 38.2 Å². The fraction of sp³-hybridized carbons (Fsp3) is 0.625. The van der Waals surface area contributed by atoms with Crippen LogP contribution in [0, 0.1) is 5.41 Å². The first-order valence-corrected chi connectivity index (χ1v) is 7.60. The topological polar surface area (TPSA) is 52.5 Å². The van der Waals surface area contributed by atoms with Crippen LogP contribution in [0.4, 0.5) is 5.69 Å². The van der Waals surface area contributed by atoms with Gasteiger partial charge in [-0.15, -0.1) is 0 Å². The van der Waals surface area contributed by atoms with Crippen LogP contribution in [0.5, 0.6) is 5.88 Å². The Balaban J connectivity index is 0.000000677. The van der Waals surface area contributed by atoms with E-state index in [2.05, 4.69) is 34.7 Å². The quantitative estimate of drug-likeness (QED) is 0.867. The fourth-order valence-corrected chi connectivity index (χ4v) is 2.36. The van der Waals surface area contributed by atoms with Crippen molar-refractivity contribution in [1.82, 2.24) is 9.88 Å². The molecule has 5 heteroatoms. The highest BCUT2D eigenvalue weighted by molar-refractivity contribution is 5.48. The van der Waals surface area contributed by atoms with E-state index < -0.39 is 0 Å². The molecule has 1 aromatic heterocycles. The lowest BCUT2D eigenvalue weighted by Crippen LogP contribution is -2.49. The lowest BCUT2D eigenvalue weighted by atomic mass is 10.2. The van der Waals surface area contributed by atoms with Crippen molar-refractivity contribution < 1.29 is 4.74 Å². The van der Waals surface area contributed by atoms with Crippen molar-refractivity contribution in [2.24, 2.45) is 0 Å². The minimum atomic E-state index is 0.678. The van der Waals surface area contributed by atoms with Gasteiger partial charge in [0.25, 0.3) is 0 Å². The molecule has 2 heterocycles. The maximum Gasteiger partial charge on any atom is 0.213 e. The van der Waals surface area contributed by atoms with E-state index in [1.165, 1.54) is 18.3 Å². The van der Waals surface area contributed by atoms with Crippen LogP contribution in [0.2, 0.25) is 0 Å². The number of piperazine rings is 1. The van der Waals surface area contributed by atoms with Gasteiger partial charge >= 0.3 is 0 Å². The van der Waals surface area contributed by atoms with Crippen molar-refractivity contribution in [2.45, 2.75) is 33.2 Å². The maximum atomic E-state index is 6.08. The molecule has 0 aliphatic carbocycles. The Kier molecular flexibility index (Phi) is 7.75. The van der Waals surface area contributed by atoms with E-state index in [4.69, 9.17) is 10.1 Å². The van der Waals surface area contributed by atoms with Crippen molar-refractivity contribution in [3.63, 3.8) is 0 Å². The summed E-state index contributed by atoms with van der Waals surface area (Å²) in [6, 6.07) is 4.71. The minimum Gasteiger partial charge on any atom is -0.481 e. The summed E-state index contributed by atoms with van der Waals surface area (Å²) < 4.78 is 5.08. The fourth-order valence-electron chi connectivity index (χ4n) is 2.36. The first-order chi connectivity index (χ1) is 10.2. The van der Waals surface area contributed by atoms with Crippen molar-refractivity contribution in [3.05, 3.63) is 18.3 Å². The summed E-state index contributed by atoms with van der Waals surface area (Å²) in [5.74, 6) is 0.678. The summed E-state index contributed by atoms with van der Waals surface area (Å²) in [5, 5.41) is 6.08. The van der Waals surface area contributed by atoms with Gasteiger partial charge in [-0.25, -0.2) is 4.98 Å². The predicted molar refractivity (Wildman–Crippen MR) is 88.8 cm³/mol. The molecule has 1 N–H and O–H groups in total. The molecular weight excluding hydrogens is 264 g/mol. The largest absolute Gasteiger partial charge is 0.481 e. The molecule has 1 aromatic rings. The second-order valence-corrected chi connectivity index (χ2v) is 5.13. The Hall–Kier alpha value is -1.62. The third-order valence-electron chi connectivity index (χ3n) is 3.82. The Morgan fingerprint density at radius 3 is 2.38 bits per heavy atom. The van der Waals surface area contributed by atoms with Gasteiger partial charge in [0.05, 0.1) is 19.0 Å². The summed E-state index contributed by atoms with van der Waals surface area (Å²) in [4.78, 5) is 9.22. The molecule has 0 spiro atoms. The van der Waals surface area contributed by atoms with Gasteiger partial charge in [0.2, 0.25) is 5.88 Å². The second-order valence-electron chi connectivity index (χ2n) is 5.13. The van der Waals surface area contributed by atoms with Crippen molar-refractivity contribution in [3.8, 4) is 5.88 Å². The summed E-state index contributed by atoms with van der Waals surface area (Å²) >= 11 is 0. The van der Waals surface area contributed by atoms with Crippen LogP contribution in [-0.2, 0) is 0 Å². The van der Waals surface area contributed by atoms with Gasteiger partial charge < -0.3 is 15.0 Å². The third kappa shape index (κ3) is 5.34. The van der Waals surface area contributed by atoms with E-state index >= 15 is 0 Å². The number of nitrogens with one attached hydrogen (secondary N) is 1. The monoisotopic (exact) mass is 292 g/mol. The predicted octanol–water partition coefficient (Wildman–Crippen LogP) is 2.67. The molecule has 0 bridgehead atoms. The zero-order valence-electron chi connectivity index (χ0n) is 13.7. The van der Waals surface area contributed by atoms with Crippen LogP contribution in [0.15, 0.2) is 18.3 Å². The average molecular weight is 292 g/mol. The molecule has 118 valence electrons. The molecule has 1 aliphatic rings. The smallest absolute Gasteiger partial charge is 0.213 e. The molecule has 1 fully saturated rings. The van der Waals surface area contributed by atoms with Crippen molar-refractivity contribution in [1.29, 1.82) is 5.41 Å². The second kappa shape index (κ2) is 9.34. The van der Waals surface area contributed by atoms with Crippen LogP contribution in [0.3, 0.4) is 0 Å². The van der Waals surface area contributed by atoms with Gasteiger partial charge in [0.1, 0.15) is 0 Å². The zero-order valence-corrected chi connectivity index (χ0v) is 13.7. The van der Waals surface area contributed by atoms with Gasteiger partial charge in [-0.3, -0.25) is 4.90 Å².